The summed E-state index contributed by atoms with van der Waals surface area (Å²) in [5.41, 5.74) is 1.77. The Labute approximate surface area is 127 Å². The lowest BCUT2D eigenvalue weighted by molar-refractivity contribution is 0.371. The summed E-state index contributed by atoms with van der Waals surface area (Å²) < 4.78 is 1.55. The van der Waals surface area contributed by atoms with Crippen molar-refractivity contribution in [3.8, 4) is 0 Å². The van der Waals surface area contributed by atoms with Gasteiger partial charge in [0.2, 0.25) is 0 Å². The number of benzene rings is 1. The maximum absolute atomic E-state index is 2.38. The Morgan fingerprint density at radius 1 is 1.06 bits per heavy atom. The first kappa shape index (κ1) is 14.1. The molecule has 0 saturated carbocycles. The van der Waals surface area contributed by atoms with E-state index in [4.69, 9.17) is 0 Å². The van der Waals surface area contributed by atoms with Crippen LogP contribution < -0.4 is 0 Å². The van der Waals surface area contributed by atoms with Gasteiger partial charge in [0, 0.05) is 3.57 Å². The highest BCUT2D eigenvalue weighted by Crippen LogP contribution is 2.60. The van der Waals surface area contributed by atoms with Gasteiger partial charge in [-0.25, -0.2) is 0 Å². The molecule has 94 valence electrons. The molecule has 1 aliphatic heterocycles. The third-order valence-corrected chi connectivity index (χ3v) is 8.03. The molecule has 17 heavy (non-hydrogen) atoms. The molecule has 0 radical (unpaired) electrons. The van der Waals surface area contributed by atoms with Crippen LogP contribution in [-0.4, -0.2) is 11.5 Å². The summed E-state index contributed by atoms with van der Waals surface area (Å²) in [4.78, 5) is 0. The first-order valence-electron chi connectivity index (χ1n) is 6.00. The first-order valence-corrected chi connectivity index (χ1v) is 9.05. The fourth-order valence-corrected chi connectivity index (χ4v) is 6.23. The summed E-state index contributed by atoms with van der Waals surface area (Å²) in [7, 11) is 0. The molecule has 1 aromatic rings. The molecule has 0 unspecified atom stereocenters. The Hall–Kier alpha value is 0.650. The summed E-state index contributed by atoms with van der Waals surface area (Å²) in [6.45, 7) is 7.11. The molecule has 0 spiro atoms. The minimum atomic E-state index is 0.232. The average Bonchev–Trinajstić information content (AvgIpc) is 2.29. The van der Waals surface area contributed by atoms with E-state index in [-0.39, 0.29) is 9.49 Å². The van der Waals surface area contributed by atoms with Gasteiger partial charge in [-0.05, 0) is 63.6 Å². The minimum absolute atomic E-state index is 0.232. The smallest absolute Gasteiger partial charge is 0.0908 e. The topological polar surface area (TPSA) is 0 Å². The molecule has 1 fully saturated rings. The second-order valence-electron chi connectivity index (χ2n) is 5.42. The van der Waals surface area contributed by atoms with Crippen molar-refractivity contribution in [2.24, 2.45) is 5.41 Å². The maximum atomic E-state index is 2.38. The van der Waals surface area contributed by atoms with Gasteiger partial charge < -0.3 is 0 Å². The summed E-state index contributed by atoms with van der Waals surface area (Å²) in [6, 6.07) is 9.11. The van der Waals surface area contributed by atoms with Gasteiger partial charge >= 0.3 is 0 Å². The third-order valence-electron chi connectivity index (χ3n) is 3.11. The monoisotopic (exact) mass is 378 g/mol. The van der Waals surface area contributed by atoms with E-state index in [0.29, 0.717) is 0 Å². The fraction of sp³-hybridized carbons (Fsp3) is 0.571. The van der Waals surface area contributed by atoms with Crippen LogP contribution in [0.5, 0.6) is 0 Å². The first-order chi connectivity index (χ1) is 7.96. The second-order valence-corrected chi connectivity index (χ2v) is 9.55. The summed E-state index contributed by atoms with van der Waals surface area (Å²) in [6.07, 6.45) is 1.34. The SMILES string of the molecule is CC(C)(C)C1(c2ccc(I)cc2)SCCCS1. The van der Waals surface area contributed by atoms with Crippen molar-refractivity contribution >= 4 is 46.1 Å². The number of hydrogen-bond donors (Lipinski definition) is 0. The normalized spacial score (nSPS) is 20.2. The second kappa shape index (κ2) is 5.33. The lowest BCUT2D eigenvalue weighted by Crippen LogP contribution is -2.36. The summed E-state index contributed by atoms with van der Waals surface area (Å²) in [5, 5.41) is 0. The van der Waals surface area contributed by atoms with E-state index in [1.54, 1.807) is 0 Å². The van der Waals surface area contributed by atoms with Crippen molar-refractivity contribution in [3.05, 3.63) is 33.4 Å². The molecular weight excluding hydrogens is 359 g/mol. The van der Waals surface area contributed by atoms with E-state index in [9.17, 15) is 0 Å². The molecule has 0 bridgehead atoms. The summed E-state index contributed by atoms with van der Waals surface area (Å²) >= 11 is 6.65. The van der Waals surface area contributed by atoms with Crippen LogP contribution in [0.3, 0.4) is 0 Å². The predicted octanol–water partition coefficient (Wildman–Crippen LogP) is 5.36. The van der Waals surface area contributed by atoms with Crippen molar-refractivity contribution in [3.63, 3.8) is 0 Å². The average molecular weight is 378 g/mol. The largest absolute Gasteiger partial charge is 0.139 e. The van der Waals surface area contributed by atoms with Crippen LogP contribution in [0.15, 0.2) is 24.3 Å². The third kappa shape index (κ3) is 2.81. The molecule has 0 aliphatic carbocycles. The van der Waals surface area contributed by atoms with Crippen LogP contribution in [0, 0.1) is 8.99 Å². The van der Waals surface area contributed by atoms with Crippen LogP contribution in [0.4, 0.5) is 0 Å². The van der Waals surface area contributed by atoms with Crippen molar-refractivity contribution in [2.75, 3.05) is 11.5 Å². The molecule has 0 aromatic heterocycles. The fourth-order valence-electron chi connectivity index (χ4n) is 2.23. The highest BCUT2D eigenvalue weighted by atomic mass is 127. The van der Waals surface area contributed by atoms with Crippen molar-refractivity contribution in [1.82, 2.24) is 0 Å². The van der Waals surface area contributed by atoms with E-state index in [0.717, 1.165) is 0 Å². The Morgan fingerprint density at radius 3 is 2.06 bits per heavy atom. The van der Waals surface area contributed by atoms with Gasteiger partial charge in [-0.1, -0.05) is 32.9 Å². The zero-order valence-corrected chi connectivity index (χ0v) is 14.4. The zero-order chi connectivity index (χ0) is 12.5. The Balaban J connectivity index is 2.43. The molecule has 1 saturated heterocycles. The van der Waals surface area contributed by atoms with Crippen LogP contribution in [-0.2, 0) is 4.08 Å². The van der Waals surface area contributed by atoms with Crippen LogP contribution in [0.1, 0.15) is 32.8 Å². The van der Waals surface area contributed by atoms with Gasteiger partial charge in [-0.3, -0.25) is 0 Å². The van der Waals surface area contributed by atoms with Gasteiger partial charge in [-0.15, -0.1) is 23.5 Å². The zero-order valence-electron chi connectivity index (χ0n) is 10.6. The highest BCUT2D eigenvalue weighted by Gasteiger charge is 2.45. The molecule has 2 rings (SSSR count). The van der Waals surface area contributed by atoms with E-state index in [2.05, 4.69) is 91.2 Å². The Bertz CT molecular complexity index is 372. The summed E-state index contributed by atoms with van der Waals surface area (Å²) in [5.74, 6) is 2.58. The lowest BCUT2D eigenvalue weighted by atomic mass is 9.86. The number of rotatable bonds is 1. The molecular formula is C14H19IS2. The van der Waals surface area contributed by atoms with E-state index >= 15 is 0 Å². The lowest BCUT2D eigenvalue weighted by Gasteiger charge is -2.46. The van der Waals surface area contributed by atoms with Crippen molar-refractivity contribution in [1.29, 1.82) is 0 Å². The minimum Gasteiger partial charge on any atom is -0.139 e. The van der Waals surface area contributed by atoms with Crippen LogP contribution >= 0.6 is 46.1 Å². The Morgan fingerprint density at radius 2 is 1.59 bits per heavy atom. The molecule has 1 heterocycles. The molecule has 3 heteroatoms. The number of hydrogen-bond acceptors (Lipinski definition) is 2. The van der Waals surface area contributed by atoms with Crippen molar-refractivity contribution < 1.29 is 0 Å². The van der Waals surface area contributed by atoms with E-state index < -0.39 is 0 Å². The molecule has 1 aliphatic rings. The molecule has 1 aromatic carbocycles. The van der Waals surface area contributed by atoms with Gasteiger partial charge in [0.05, 0.1) is 4.08 Å². The molecule has 0 nitrogen and oxygen atoms in total. The van der Waals surface area contributed by atoms with Crippen LogP contribution in [0.2, 0.25) is 0 Å². The quantitative estimate of drug-likeness (QED) is 0.604. The molecule has 0 atom stereocenters. The van der Waals surface area contributed by atoms with Gasteiger partial charge in [-0.2, -0.15) is 0 Å². The standard InChI is InChI=1S/C14H19IS2/c1-13(2,3)14(16-9-4-10-17-14)11-5-7-12(15)8-6-11/h5-8H,4,9-10H2,1-3H3. The highest BCUT2D eigenvalue weighted by molar-refractivity contribution is 14.1. The predicted molar refractivity (Wildman–Crippen MR) is 89.8 cm³/mol. The van der Waals surface area contributed by atoms with Gasteiger partial charge in [0.15, 0.2) is 0 Å². The van der Waals surface area contributed by atoms with E-state index in [1.165, 1.54) is 27.1 Å². The Kier molecular flexibility index (Phi) is 4.41. The molecule has 0 N–H and O–H groups in total. The number of halogens is 1. The number of thioether (sulfide) groups is 2. The maximum Gasteiger partial charge on any atom is 0.0908 e. The van der Waals surface area contributed by atoms with E-state index in [1.807, 2.05) is 0 Å². The van der Waals surface area contributed by atoms with Gasteiger partial charge in [0.1, 0.15) is 0 Å². The molecule has 0 amide bonds. The van der Waals surface area contributed by atoms with Crippen LogP contribution in [0.25, 0.3) is 0 Å². The van der Waals surface area contributed by atoms with Gasteiger partial charge in [0.25, 0.3) is 0 Å². The van der Waals surface area contributed by atoms with Crippen molar-refractivity contribution in [2.45, 2.75) is 31.3 Å².